The minimum atomic E-state index is -0.0268. The lowest BCUT2D eigenvalue weighted by atomic mass is 10.4. The molecule has 1 saturated heterocycles. The van der Waals surface area contributed by atoms with Crippen LogP contribution >= 0.6 is 0 Å². The van der Waals surface area contributed by atoms with Crippen LogP contribution in [0, 0.1) is 0 Å². The molecule has 1 fully saturated rings. The summed E-state index contributed by atoms with van der Waals surface area (Å²) in [5.41, 5.74) is 0.925. The predicted molar refractivity (Wildman–Crippen MR) is 79.3 cm³/mol. The molecule has 0 bridgehead atoms. The highest BCUT2D eigenvalue weighted by molar-refractivity contribution is 5.43. The minimum absolute atomic E-state index is 0.0268. The summed E-state index contributed by atoms with van der Waals surface area (Å²) in [5, 5.41) is 7.48. The minimum Gasteiger partial charge on any atom is -0.380 e. The molecule has 1 aromatic rings. The Hall–Kier alpha value is -1.40. The first-order valence-corrected chi connectivity index (χ1v) is 7.42. The Labute approximate surface area is 119 Å². The number of nitrogens with one attached hydrogen (secondary N) is 1. The van der Waals surface area contributed by atoms with Crippen LogP contribution in [0.25, 0.3) is 0 Å². The number of anilines is 1. The van der Waals surface area contributed by atoms with E-state index >= 15 is 0 Å². The molecule has 6 nitrogen and oxygen atoms in total. The van der Waals surface area contributed by atoms with Crippen LogP contribution in [0.1, 0.15) is 19.8 Å². The molecule has 0 radical (unpaired) electrons. The van der Waals surface area contributed by atoms with Crippen LogP contribution < -0.4 is 15.8 Å². The molecule has 0 saturated carbocycles. The summed E-state index contributed by atoms with van der Waals surface area (Å²) in [4.78, 5) is 14.2. The summed E-state index contributed by atoms with van der Waals surface area (Å²) >= 11 is 0. The van der Waals surface area contributed by atoms with Gasteiger partial charge < -0.3 is 15.0 Å². The van der Waals surface area contributed by atoms with Crippen molar-refractivity contribution < 1.29 is 4.74 Å². The van der Waals surface area contributed by atoms with E-state index in [2.05, 4.69) is 15.3 Å². The number of ether oxygens (including phenoxy) is 1. The average molecular weight is 280 g/mol. The van der Waals surface area contributed by atoms with E-state index in [0.29, 0.717) is 13.2 Å². The van der Waals surface area contributed by atoms with Crippen molar-refractivity contribution in [2.75, 3.05) is 44.3 Å². The summed E-state index contributed by atoms with van der Waals surface area (Å²) in [6.07, 6.45) is 4.20. The molecule has 1 aliphatic rings. The van der Waals surface area contributed by atoms with Crippen molar-refractivity contribution in [3.63, 3.8) is 0 Å². The molecule has 0 unspecified atom stereocenters. The summed E-state index contributed by atoms with van der Waals surface area (Å²) in [6, 6.07) is 1.69. The van der Waals surface area contributed by atoms with Crippen LogP contribution in [0.3, 0.4) is 0 Å². The Morgan fingerprint density at radius 2 is 2.15 bits per heavy atom. The van der Waals surface area contributed by atoms with Gasteiger partial charge in [0.15, 0.2) is 0 Å². The third kappa shape index (κ3) is 4.31. The molecule has 1 aliphatic heterocycles. The second-order valence-corrected chi connectivity index (χ2v) is 4.92. The Morgan fingerprint density at radius 3 is 2.85 bits per heavy atom. The van der Waals surface area contributed by atoms with E-state index in [0.717, 1.165) is 38.5 Å². The Bertz CT molecular complexity index is 455. The number of rotatable bonds is 8. The fourth-order valence-corrected chi connectivity index (χ4v) is 2.34. The van der Waals surface area contributed by atoms with Crippen molar-refractivity contribution in [3.05, 3.63) is 22.6 Å². The zero-order chi connectivity index (χ0) is 14.2. The second kappa shape index (κ2) is 8.01. The largest absolute Gasteiger partial charge is 0.380 e. The van der Waals surface area contributed by atoms with Crippen molar-refractivity contribution >= 4 is 5.69 Å². The van der Waals surface area contributed by atoms with Gasteiger partial charge in [0.1, 0.15) is 0 Å². The number of hydrogen-bond acceptors (Lipinski definition) is 5. The monoisotopic (exact) mass is 280 g/mol. The van der Waals surface area contributed by atoms with Crippen molar-refractivity contribution in [1.82, 2.24) is 15.1 Å². The number of aromatic nitrogens is 2. The molecule has 112 valence electrons. The molecule has 6 heteroatoms. The van der Waals surface area contributed by atoms with Crippen LogP contribution in [0.4, 0.5) is 5.69 Å². The van der Waals surface area contributed by atoms with Crippen molar-refractivity contribution in [1.29, 1.82) is 0 Å². The summed E-state index contributed by atoms with van der Waals surface area (Å²) in [6.45, 7) is 7.59. The number of hydrogen-bond donors (Lipinski definition) is 1. The van der Waals surface area contributed by atoms with Crippen molar-refractivity contribution in [2.45, 2.75) is 26.3 Å². The fourth-order valence-electron chi connectivity index (χ4n) is 2.34. The molecule has 1 aromatic heterocycles. The SMILES string of the molecule is CCOCCNCCn1ncc(N2CCCC2)cc1=O. The molecular weight excluding hydrogens is 256 g/mol. The lowest BCUT2D eigenvalue weighted by molar-refractivity contribution is 0.149. The molecule has 1 N–H and O–H groups in total. The van der Waals surface area contributed by atoms with E-state index in [-0.39, 0.29) is 5.56 Å². The van der Waals surface area contributed by atoms with E-state index in [1.165, 1.54) is 17.5 Å². The van der Waals surface area contributed by atoms with Crippen LogP contribution in [0.5, 0.6) is 0 Å². The van der Waals surface area contributed by atoms with Gasteiger partial charge in [-0.15, -0.1) is 0 Å². The van der Waals surface area contributed by atoms with Gasteiger partial charge in [0.05, 0.1) is 25.0 Å². The van der Waals surface area contributed by atoms with Gasteiger partial charge in [-0.2, -0.15) is 5.10 Å². The van der Waals surface area contributed by atoms with E-state index in [1.807, 2.05) is 6.92 Å². The molecule has 0 atom stereocenters. The highest BCUT2D eigenvalue weighted by Gasteiger charge is 2.13. The smallest absolute Gasteiger partial charge is 0.268 e. The second-order valence-electron chi connectivity index (χ2n) is 4.92. The van der Waals surface area contributed by atoms with Gasteiger partial charge in [0, 0.05) is 38.9 Å². The molecule has 0 amide bonds. The molecule has 0 aliphatic carbocycles. The van der Waals surface area contributed by atoms with Gasteiger partial charge >= 0.3 is 0 Å². The molecule has 0 spiro atoms. The molecule has 0 aromatic carbocycles. The van der Waals surface area contributed by atoms with E-state index in [1.54, 1.807) is 12.3 Å². The zero-order valence-electron chi connectivity index (χ0n) is 12.2. The zero-order valence-corrected chi connectivity index (χ0v) is 12.2. The highest BCUT2D eigenvalue weighted by atomic mass is 16.5. The van der Waals surface area contributed by atoms with Crippen molar-refractivity contribution in [3.8, 4) is 0 Å². The maximum atomic E-state index is 12.0. The highest BCUT2D eigenvalue weighted by Crippen LogP contribution is 2.16. The first-order valence-electron chi connectivity index (χ1n) is 7.42. The Morgan fingerprint density at radius 1 is 1.35 bits per heavy atom. The Kier molecular flexibility index (Phi) is 6.01. The molecular formula is C14H24N4O2. The molecule has 2 rings (SSSR count). The van der Waals surface area contributed by atoms with Crippen LogP contribution in [0.2, 0.25) is 0 Å². The van der Waals surface area contributed by atoms with Gasteiger partial charge in [-0.25, -0.2) is 4.68 Å². The van der Waals surface area contributed by atoms with Gasteiger partial charge in [-0.3, -0.25) is 4.79 Å². The molecule has 20 heavy (non-hydrogen) atoms. The summed E-state index contributed by atoms with van der Waals surface area (Å²) in [7, 11) is 0. The maximum Gasteiger partial charge on any atom is 0.268 e. The van der Waals surface area contributed by atoms with Crippen LogP contribution in [0.15, 0.2) is 17.1 Å². The lowest BCUT2D eigenvalue weighted by Crippen LogP contribution is -2.31. The summed E-state index contributed by atoms with van der Waals surface area (Å²) in [5.74, 6) is 0. The topological polar surface area (TPSA) is 59.4 Å². The Balaban J connectivity index is 1.79. The maximum absolute atomic E-state index is 12.0. The van der Waals surface area contributed by atoms with Crippen LogP contribution in [-0.2, 0) is 11.3 Å². The van der Waals surface area contributed by atoms with Gasteiger partial charge in [-0.05, 0) is 19.8 Å². The normalized spacial score (nSPS) is 14.9. The number of nitrogens with zero attached hydrogens (tertiary/aromatic N) is 3. The fraction of sp³-hybridized carbons (Fsp3) is 0.714. The summed E-state index contributed by atoms with van der Waals surface area (Å²) < 4.78 is 6.74. The quantitative estimate of drug-likeness (QED) is 0.702. The average Bonchev–Trinajstić information content (AvgIpc) is 2.98. The lowest BCUT2D eigenvalue weighted by Gasteiger charge is -2.17. The van der Waals surface area contributed by atoms with Gasteiger partial charge in [0.2, 0.25) is 0 Å². The first-order chi connectivity index (χ1) is 9.81. The van der Waals surface area contributed by atoms with Crippen LogP contribution in [-0.4, -0.2) is 49.2 Å². The molecule has 2 heterocycles. The van der Waals surface area contributed by atoms with Crippen molar-refractivity contribution in [2.24, 2.45) is 0 Å². The standard InChI is InChI=1S/C14H24N4O2/c1-2-20-10-6-15-5-9-18-14(19)11-13(12-16-18)17-7-3-4-8-17/h11-12,15H,2-10H2,1H3. The first kappa shape index (κ1) is 15.0. The van der Waals surface area contributed by atoms with E-state index < -0.39 is 0 Å². The third-order valence-corrected chi connectivity index (χ3v) is 3.45. The van der Waals surface area contributed by atoms with E-state index in [9.17, 15) is 4.79 Å². The predicted octanol–water partition coefficient (Wildman–Crippen LogP) is 0.470. The van der Waals surface area contributed by atoms with E-state index in [4.69, 9.17) is 4.74 Å². The van der Waals surface area contributed by atoms with Gasteiger partial charge in [-0.1, -0.05) is 0 Å². The third-order valence-electron chi connectivity index (χ3n) is 3.45. The van der Waals surface area contributed by atoms with Gasteiger partial charge in [0.25, 0.3) is 5.56 Å².